The molecule has 3 rings (SSSR count). The number of rotatable bonds is 4. The Morgan fingerprint density at radius 2 is 2.17 bits per heavy atom. The second kappa shape index (κ2) is 9.93. The fraction of sp³-hybridized carbons (Fsp3) is 0.562. The molecule has 2 fully saturated rings. The molecule has 0 aliphatic carbocycles. The highest BCUT2D eigenvalue weighted by molar-refractivity contribution is 5.85. The Morgan fingerprint density at radius 1 is 1.38 bits per heavy atom. The van der Waals surface area contributed by atoms with Gasteiger partial charge >= 0.3 is 0 Å². The number of nitrogens with zero attached hydrogens (tertiary/aromatic N) is 1. The summed E-state index contributed by atoms with van der Waals surface area (Å²) in [6.45, 7) is 3.58. The van der Waals surface area contributed by atoms with Crippen LogP contribution in [0, 0.1) is 0 Å². The Kier molecular flexibility index (Phi) is 8.62. The van der Waals surface area contributed by atoms with Gasteiger partial charge in [0.2, 0.25) is 5.91 Å². The van der Waals surface area contributed by atoms with Crippen molar-refractivity contribution in [1.82, 2.24) is 10.6 Å². The molecule has 2 aliphatic heterocycles. The Hall–Kier alpha value is -1.21. The third-order valence-electron chi connectivity index (χ3n) is 4.20. The third kappa shape index (κ3) is 4.89. The zero-order valence-electron chi connectivity index (χ0n) is 13.7. The van der Waals surface area contributed by atoms with Crippen molar-refractivity contribution in [3.05, 3.63) is 24.3 Å². The van der Waals surface area contributed by atoms with E-state index in [4.69, 9.17) is 9.47 Å². The van der Waals surface area contributed by atoms with Crippen LogP contribution in [0.15, 0.2) is 24.3 Å². The molecule has 2 aliphatic rings. The average molecular weight is 378 g/mol. The van der Waals surface area contributed by atoms with E-state index in [-0.39, 0.29) is 42.8 Å². The molecule has 0 bridgehead atoms. The fourth-order valence-corrected chi connectivity index (χ4v) is 3.02. The zero-order valence-corrected chi connectivity index (χ0v) is 15.3. The molecule has 2 heterocycles. The molecular weight excluding hydrogens is 353 g/mol. The molecule has 0 aromatic heterocycles. The van der Waals surface area contributed by atoms with Crippen LogP contribution in [-0.2, 0) is 9.53 Å². The molecule has 2 N–H and O–H groups in total. The highest BCUT2D eigenvalue weighted by Crippen LogP contribution is 2.30. The van der Waals surface area contributed by atoms with Crippen LogP contribution in [-0.4, -0.2) is 57.9 Å². The molecule has 6 nitrogen and oxygen atoms in total. The minimum absolute atomic E-state index is 0. The first-order valence-electron chi connectivity index (χ1n) is 7.77. The molecule has 1 amide bonds. The van der Waals surface area contributed by atoms with Gasteiger partial charge in [-0.05, 0) is 18.6 Å². The van der Waals surface area contributed by atoms with E-state index >= 15 is 0 Å². The summed E-state index contributed by atoms with van der Waals surface area (Å²) in [5, 5.41) is 6.31. The number of anilines is 1. The van der Waals surface area contributed by atoms with E-state index in [1.165, 1.54) is 0 Å². The number of hydrogen-bond donors (Lipinski definition) is 2. The number of morpholine rings is 1. The van der Waals surface area contributed by atoms with Gasteiger partial charge < -0.3 is 25.0 Å². The summed E-state index contributed by atoms with van der Waals surface area (Å²) < 4.78 is 10.8. The van der Waals surface area contributed by atoms with Crippen LogP contribution in [0.1, 0.15) is 6.42 Å². The molecule has 24 heavy (non-hydrogen) atoms. The smallest absolute Gasteiger partial charge is 0.239 e. The van der Waals surface area contributed by atoms with Gasteiger partial charge in [0.05, 0.1) is 26.0 Å². The standard InChI is InChI=1S/C16H23N3O3.2ClH/c1-21-15-5-3-2-4-14(15)19-8-6-12(10-19)18-16(20)13-11-22-9-7-17-13;;/h2-5,12-13,17H,6-11H2,1H3,(H,18,20);2*1H. The molecular formula is C16H25Cl2N3O3. The van der Waals surface area contributed by atoms with Gasteiger partial charge in [-0.25, -0.2) is 0 Å². The maximum absolute atomic E-state index is 12.2. The van der Waals surface area contributed by atoms with Crippen molar-refractivity contribution in [2.24, 2.45) is 0 Å². The molecule has 1 aromatic carbocycles. The molecule has 2 saturated heterocycles. The van der Waals surface area contributed by atoms with Crippen molar-refractivity contribution in [2.75, 3.05) is 44.9 Å². The summed E-state index contributed by atoms with van der Waals surface area (Å²) in [4.78, 5) is 14.5. The maximum Gasteiger partial charge on any atom is 0.239 e. The Bertz CT molecular complexity index is 527. The summed E-state index contributed by atoms with van der Waals surface area (Å²) in [5.41, 5.74) is 1.08. The van der Waals surface area contributed by atoms with Crippen molar-refractivity contribution in [3.8, 4) is 5.75 Å². The quantitative estimate of drug-likeness (QED) is 0.825. The van der Waals surface area contributed by atoms with Crippen LogP contribution in [0.4, 0.5) is 5.69 Å². The summed E-state index contributed by atoms with van der Waals surface area (Å²) >= 11 is 0. The third-order valence-corrected chi connectivity index (χ3v) is 4.20. The lowest BCUT2D eigenvalue weighted by molar-refractivity contribution is -0.126. The first kappa shape index (κ1) is 20.8. The molecule has 0 radical (unpaired) electrons. The molecule has 136 valence electrons. The van der Waals surface area contributed by atoms with E-state index in [0.717, 1.165) is 37.5 Å². The van der Waals surface area contributed by atoms with Gasteiger partial charge in [-0.2, -0.15) is 0 Å². The highest BCUT2D eigenvalue weighted by atomic mass is 35.5. The number of hydrogen-bond acceptors (Lipinski definition) is 5. The first-order chi connectivity index (χ1) is 10.8. The molecule has 2 unspecified atom stereocenters. The predicted molar refractivity (Wildman–Crippen MR) is 98.9 cm³/mol. The number of ether oxygens (including phenoxy) is 2. The average Bonchev–Trinajstić information content (AvgIpc) is 3.04. The number of nitrogens with one attached hydrogen (secondary N) is 2. The maximum atomic E-state index is 12.2. The second-order valence-corrected chi connectivity index (χ2v) is 5.69. The summed E-state index contributed by atoms with van der Waals surface area (Å²) in [7, 11) is 1.68. The zero-order chi connectivity index (χ0) is 15.4. The highest BCUT2D eigenvalue weighted by Gasteiger charge is 2.28. The van der Waals surface area contributed by atoms with Gasteiger partial charge in [-0.15, -0.1) is 24.8 Å². The minimum Gasteiger partial charge on any atom is -0.495 e. The predicted octanol–water partition coefficient (Wildman–Crippen LogP) is 1.22. The Labute approximate surface area is 155 Å². The Morgan fingerprint density at radius 3 is 2.88 bits per heavy atom. The lowest BCUT2D eigenvalue weighted by Crippen LogP contribution is -2.53. The van der Waals surface area contributed by atoms with Gasteiger partial charge in [0.25, 0.3) is 0 Å². The van der Waals surface area contributed by atoms with Crippen molar-refractivity contribution in [1.29, 1.82) is 0 Å². The fourth-order valence-electron chi connectivity index (χ4n) is 3.02. The number of halogens is 2. The van der Waals surface area contributed by atoms with E-state index in [1.54, 1.807) is 7.11 Å². The number of carbonyl (C=O) groups excluding carboxylic acids is 1. The van der Waals surface area contributed by atoms with E-state index in [0.29, 0.717) is 13.2 Å². The summed E-state index contributed by atoms with van der Waals surface area (Å²) in [6.07, 6.45) is 0.942. The van der Waals surface area contributed by atoms with E-state index < -0.39 is 0 Å². The molecule has 0 saturated carbocycles. The van der Waals surface area contributed by atoms with E-state index in [1.807, 2.05) is 18.2 Å². The van der Waals surface area contributed by atoms with Gasteiger partial charge in [-0.1, -0.05) is 12.1 Å². The number of carbonyl (C=O) groups is 1. The van der Waals surface area contributed by atoms with Crippen molar-refractivity contribution < 1.29 is 14.3 Å². The van der Waals surface area contributed by atoms with Crippen molar-refractivity contribution in [3.63, 3.8) is 0 Å². The van der Waals surface area contributed by atoms with Gasteiger partial charge in [0.15, 0.2) is 0 Å². The number of benzene rings is 1. The molecule has 2 atom stereocenters. The largest absolute Gasteiger partial charge is 0.495 e. The van der Waals surface area contributed by atoms with Gasteiger partial charge in [0, 0.05) is 25.7 Å². The lowest BCUT2D eigenvalue weighted by atomic mass is 10.2. The van der Waals surface area contributed by atoms with Crippen molar-refractivity contribution >= 4 is 36.4 Å². The van der Waals surface area contributed by atoms with Crippen LogP contribution in [0.3, 0.4) is 0 Å². The van der Waals surface area contributed by atoms with Crippen molar-refractivity contribution in [2.45, 2.75) is 18.5 Å². The second-order valence-electron chi connectivity index (χ2n) is 5.69. The monoisotopic (exact) mass is 377 g/mol. The SMILES string of the molecule is COc1ccccc1N1CCC(NC(=O)C2COCCN2)C1.Cl.Cl. The molecule has 1 aromatic rings. The number of amides is 1. The molecule has 8 heteroatoms. The summed E-state index contributed by atoms with van der Waals surface area (Å²) in [6, 6.07) is 7.93. The topological polar surface area (TPSA) is 62.8 Å². The van der Waals surface area contributed by atoms with E-state index in [2.05, 4.69) is 21.6 Å². The van der Waals surface area contributed by atoms with Crippen LogP contribution in [0.25, 0.3) is 0 Å². The number of para-hydroxylation sites is 2. The van der Waals surface area contributed by atoms with Crippen LogP contribution in [0.5, 0.6) is 5.75 Å². The van der Waals surface area contributed by atoms with Crippen LogP contribution >= 0.6 is 24.8 Å². The van der Waals surface area contributed by atoms with Crippen LogP contribution in [0.2, 0.25) is 0 Å². The van der Waals surface area contributed by atoms with Crippen LogP contribution < -0.4 is 20.3 Å². The van der Waals surface area contributed by atoms with E-state index in [9.17, 15) is 4.79 Å². The lowest BCUT2D eigenvalue weighted by Gasteiger charge is -2.25. The first-order valence-corrected chi connectivity index (χ1v) is 7.77. The molecule has 0 spiro atoms. The summed E-state index contributed by atoms with van der Waals surface area (Å²) in [5.74, 6) is 0.906. The minimum atomic E-state index is -0.228. The normalized spacial score (nSPS) is 23.0. The van der Waals surface area contributed by atoms with Gasteiger partial charge in [0.1, 0.15) is 11.8 Å². The Balaban J connectivity index is 0.00000144. The van der Waals surface area contributed by atoms with Gasteiger partial charge in [-0.3, -0.25) is 4.79 Å². The number of methoxy groups -OCH3 is 1.